The van der Waals surface area contributed by atoms with Crippen LogP contribution in [-0.4, -0.2) is 40.6 Å². The van der Waals surface area contributed by atoms with Crippen LogP contribution < -0.4 is 5.32 Å². The molecule has 4 atom stereocenters. The van der Waals surface area contributed by atoms with Crippen molar-refractivity contribution < 1.29 is 19.4 Å². The van der Waals surface area contributed by atoms with E-state index in [1.807, 2.05) is 54.6 Å². The van der Waals surface area contributed by atoms with Gasteiger partial charge in [0.1, 0.15) is 0 Å². The van der Waals surface area contributed by atoms with Gasteiger partial charge >= 0.3 is 0 Å². The van der Waals surface area contributed by atoms with Crippen LogP contribution in [0.4, 0.5) is 5.69 Å². The summed E-state index contributed by atoms with van der Waals surface area (Å²) < 4.78 is 13.1. The molecule has 1 saturated heterocycles. The molecular formula is C33H35N3O4. The fraction of sp³-hybridized carbons (Fsp3) is 0.273. The van der Waals surface area contributed by atoms with Gasteiger partial charge in [-0.2, -0.15) is 0 Å². The largest absolute Gasteiger partial charge is 0.392 e. The number of carbonyl (C=O) groups is 1. The fourth-order valence-corrected chi connectivity index (χ4v) is 5.02. The summed E-state index contributed by atoms with van der Waals surface area (Å²) in [5.74, 6) is -0.125. The van der Waals surface area contributed by atoms with E-state index in [-0.39, 0.29) is 30.6 Å². The third-order valence-corrected chi connectivity index (χ3v) is 7.27. The molecule has 1 fully saturated rings. The van der Waals surface area contributed by atoms with Crippen LogP contribution in [0, 0.1) is 5.92 Å². The number of nitrogens with zero attached hydrogens (tertiary/aromatic N) is 2. The van der Waals surface area contributed by atoms with Gasteiger partial charge in [-0.25, -0.2) is 0 Å². The van der Waals surface area contributed by atoms with Gasteiger partial charge in [-0.1, -0.05) is 73.7 Å². The van der Waals surface area contributed by atoms with Gasteiger partial charge in [-0.05, 0) is 48.0 Å². The zero-order chi connectivity index (χ0) is 27.9. The highest BCUT2D eigenvalue weighted by molar-refractivity contribution is 6.04. The summed E-state index contributed by atoms with van der Waals surface area (Å²) in [7, 11) is 2.11. The molecule has 0 saturated carbocycles. The highest BCUT2D eigenvalue weighted by Crippen LogP contribution is 2.42. The molecule has 40 heavy (non-hydrogen) atoms. The lowest BCUT2D eigenvalue weighted by molar-refractivity contribution is -0.276. The Morgan fingerprint density at radius 3 is 2.30 bits per heavy atom. The van der Waals surface area contributed by atoms with Crippen molar-refractivity contribution in [2.75, 3.05) is 18.9 Å². The van der Waals surface area contributed by atoms with Crippen molar-refractivity contribution in [3.63, 3.8) is 0 Å². The van der Waals surface area contributed by atoms with Crippen molar-refractivity contribution in [1.29, 1.82) is 0 Å². The lowest BCUT2D eigenvalue weighted by Crippen LogP contribution is -2.43. The number of benzene rings is 3. The summed E-state index contributed by atoms with van der Waals surface area (Å²) in [4.78, 5) is 18.8. The molecular weight excluding hydrogens is 502 g/mol. The number of ether oxygens (including phenoxy) is 2. The number of aliphatic hydroxyl groups is 1. The van der Waals surface area contributed by atoms with E-state index in [1.165, 1.54) is 11.8 Å². The van der Waals surface area contributed by atoms with E-state index in [4.69, 9.17) is 9.47 Å². The first-order chi connectivity index (χ1) is 19.5. The third-order valence-electron chi connectivity index (χ3n) is 7.27. The number of carbonyl (C=O) groups excluding carboxylic acids is 1. The second-order valence-electron chi connectivity index (χ2n) is 10.3. The Morgan fingerprint density at radius 2 is 1.62 bits per heavy atom. The first-order valence-electron chi connectivity index (χ1n) is 13.5. The molecule has 1 aliphatic heterocycles. The average molecular weight is 538 g/mol. The molecule has 0 bridgehead atoms. The van der Waals surface area contributed by atoms with E-state index in [2.05, 4.69) is 53.4 Å². The molecule has 1 aliphatic rings. The third kappa shape index (κ3) is 6.81. The minimum atomic E-state index is -0.572. The van der Waals surface area contributed by atoms with Gasteiger partial charge in [-0.3, -0.25) is 14.7 Å². The highest BCUT2D eigenvalue weighted by Gasteiger charge is 2.38. The summed E-state index contributed by atoms with van der Waals surface area (Å²) in [5.41, 5.74) is 5.21. The Labute approximate surface area is 235 Å². The minimum Gasteiger partial charge on any atom is -0.392 e. The van der Waals surface area contributed by atoms with Gasteiger partial charge in [0.25, 0.3) is 5.91 Å². The van der Waals surface area contributed by atoms with E-state index in [0.29, 0.717) is 11.3 Å². The summed E-state index contributed by atoms with van der Waals surface area (Å²) in [6.07, 6.45) is 2.33. The molecule has 0 spiro atoms. The van der Waals surface area contributed by atoms with Crippen molar-refractivity contribution in [2.45, 2.75) is 38.6 Å². The monoisotopic (exact) mass is 537 g/mol. The first kappa shape index (κ1) is 27.7. The number of pyridine rings is 1. The molecule has 206 valence electrons. The number of aliphatic hydroxyl groups excluding tert-OH is 1. The molecule has 2 heterocycles. The maximum absolute atomic E-state index is 12.5. The first-order valence-corrected chi connectivity index (χ1v) is 13.5. The molecule has 0 aliphatic carbocycles. The topological polar surface area (TPSA) is 83.9 Å². The van der Waals surface area contributed by atoms with Crippen molar-refractivity contribution in [3.05, 3.63) is 131 Å². The Bertz CT molecular complexity index is 1360. The van der Waals surface area contributed by atoms with Crippen LogP contribution in [0.25, 0.3) is 0 Å². The van der Waals surface area contributed by atoms with Crippen LogP contribution in [0.1, 0.15) is 51.9 Å². The maximum atomic E-state index is 12.5. The van der Waals surface area contributed by atoms with Gasteiger partial charge in [0, 0.05) is 42.7 Å². The molecule has 5 rings (SSSR count). The number of anilines is 1. The number of amides is 1. The molecule has 7 nitrogen and oxygen atoms in total. The molecule has 0 unspecified atom stereocenters. The quantitative estimate of drug-likeness (QED) is 0.283. The molecule has 1 amide bonds. The fourth-order valence-electron chi connectivity index (χ4n) is 5.02. The van der Waals surface area contributed by atoms with Gasteiger partial charge in [0.2, 0.25) is 0 Å². The van der Waals surface area contributed by atoms with Gasteiger partial charge in [0.05, 0.1) is 24.4 Å². The van der Waals surface area contributed by atoms with Crippen molar-refractivity contribution in [3.8, 4) is 0 Å². The number of likely N-dealkylation sites (N-methyl/N-ethyl adjacent to an activating group) is 1. The average Bonchev–Trinajstić information content (AvgIpc) is 2.99. The van der Waals surface area contributed by atoms with Crippen molar-refractivity contribution in [2.24, 2.45) is 5.92 Å². The standard InChI is InChI=1S/C33H35N3O4/c1-23-30(21-36(2)20-24-7-4-3-5-8-24)39-33(40-31(23)26-12-10-25(22-37)11-13-26)27-14-16-29(17-15-27)35-32(38)28-9-6-18-34-19-28/h3-19,23,30-31,33,37H,20-22H2,1-2H3,(H,35,38)/t23-,30+,31+,33+/m0/s1. The van der Waals surface area contributed by atoms with Crippen molar-refractivity contribution in [1.82, 2.24) is 9.88 Å². The van der Waals surface area contributed by atoms with Gasteiger partial charge in [0.15, 0.2) is 6.29 Å². The van der Waals surface area contributed by atoms with Crippen LogP contribution in [-0.2, 0) is 22.6 Å². The normalized spacial score (nSPS) is 20.8. The second kappa shape index (κ2) is 13.0. The zero-order valence-corrected chi connectivity index (χ0v) is 22.8. The van der Waals surface area contributed by atoms with E-state index >= 15 is 0 Å². The Kier molecular flexibility index (Phi) is 8.98. The van der Waals surface area contributed by atoms with Crippen LogP contribution >= 0.6 is 0 Å². The van der Waals surface area contributed by atoms with E-state index < -0.39 is 6.29 Å². The Hall–Kier alpha value is -3.88. The van der Waals surface area contributed by atoms with Gasteiger partial charge in [-0.15, -0.1) is 0 Å². The number of hydrogen-bond acceptors (Lipinski definition) is 6. The summed E-state index contributed by atoms with van der Waals surface area (Å²) in [6.45, 7) is 3.73. The van der Waals surface area contributed by atoms with Crippen LogP contribution in [0.15, 0.2) is 103 Å². The number of hydrogen-bond donors (Lipinski definition) is 2. The molecule has 0 radical (unpaired) electrons. The Balaban J connectivity index is 1.34. The molecule has 4 aromatic rings. The highest BCUT2D eigenvalue weighted by atomic mass is 16.7. The summed E-state index contributed by atoms with van der Waals surface area (Å²) >= 11 is 0. The Morgan fingerprint density at radius 1 is 0.900 bits per heavy atom. The number of aromatic nitrogens is 1. The number of rotatable bonds is 9. The molecule has 3 aromatic carbocycles. The molecule has 1 aromatic heterocycles. The predicted octanol–water partition coefficient (Wildman–Crippen LogP) is 5.75. The van der Waals surface area contributed by atoms with Gasteiger partial charge < -0.3 is 19.9 Å². The van der Waals surface area contributed by atoms with Crippen molar-refractivity contribution >= 4 is 11.6 Å². The molecule has 7 heteroatoms. The van der Waals surface area contributed by atoms with E-state index in [9.17, 15) is 9.90 Å². The lowest BCUT2D eigenvalue weighted by atomic mass is 9.90. The minimum absolute atomic E-state index is 0.00364. The predicted molar refractivity (Wildman–Crippen MR) is 154 cm³/mol. The SMILES string of the molecule is C[C@H]1[C@@H](CN(C)Cc2ccccc2)O[C@@H](c2ccc(NC(=O)c3cccnc3)cc2)O[C@H]1c1ccc(CO)cc1. The van der Waals surface area contributed by atoms with E-state index in [0.717, 1.165) is 29.8 Å². The lowest BCUT2D eigenvalue weighted by Gasteiger charge is -2.42. The van der Waals surface area contributed by atoms with Crippen LogP contribution in [0.3, 0.4) is 0 Å². The maximum Gasteiger partial charge on any atom is 0.257 e. The van der Waals surface area contributed by atoms with Crippen LogP contribution in [0.2, 0.25) is 0 Å². The number of nitrogens with one attached hydrogen (secondary N) is 1. The zero-order valence-electron chi connectivity index (χ0n) is 22.8. The van der Waals surface area contributed by atoms with E-state index in [1.54, 1.807) is 18.3 Å². The molecule has 2 N–H and O–H groups in total. The smallest absolute Gasteiger partial charge is 0.257 e. The summed E-state index contributed by atoms with van der Waals surface area (Å²) in [5, 5.41) is 12.4. The second-order valence-corrected chi connectivity index (χ2v) is 10.3. The summed E-state index contributed by atoms with van der Waals surface area (Å²) in [6, 6.07) is 29.4. The van der Waals surface area contributed by atoms with Crippen LogP contribution in [0.5, 0.6) is 0 Å².